The van der Waals surface area contributed by atoms with Gasteiger partial charge in [-0.25, -0.2) is 4.98 Å². The lowest BCUT2D eigenvalue weighted by molar-refractivity contribution is -0.0713. The normalized spacial score (nSPS) is 17.2. The van der Waals surface area contributed by atoms with Crippen LogP contribution in [0.1, 0.15) is 5.69 Å². The molecule has 2 atom stereocenters. The molecule has 1 aromatic carbocycles. The molecule has 13 heteroatoms. The molecule has 11 nitrogen and oxygen atoms in total. The molecular weight excluding hydrogens is 482 g/mol. The quantitative estimate of drug-likeness (QED) is 0.311. The Kier molecular flexibility index (Phi) is 7.19. The van der Waals surface area contributed by atoms with Gasteiger partial charge in [0.25, 0.3) is 10.0 Å². The van der Waals surface area contributed by atoms with Gasteiger partial charge in [0.15, 0.2) is 6.29 Å². The van der Waals surface area contributed by atoms with Gasteiger partial charge in [-0.05, 0) is 12.1 Å². The number of fused-ring (bicyclic) bond motifs is 1. The van der Waals surface area contributed by atoms with E-state index < -0.39 is 16.3 Å². The van der Waals surface area contributed by atoms with Crippen LogP contribution in [0.15, 0.2) is 40.7 Å². The number of sulfonamides is 1. The van der Waals surface area contributed by atoms with Crippen LogP contribution in [-0.4, -0.2) is 85.7 Å². The van der Waals surface area contributed by atoms with Crippen molar-refractivity contribution in [3.63, 3.8) is 0 Å². The van der Waals surface area contributed by atoms with Crippen LogP contribution in [0.5, 0.6) is 5.75 Å². The Morgan fingerprint density at radius 1 is 1.32 bits per heavy atom. The van der Waals surface area contributed by atoms with Gasteiger partial charge in [0.05, 0.1) is 35.3 Å². The predicted octanol–water partition coefficient (Wildman–Crippen LogP) is 1.58. The second-order valence-electron chi connectivity index (χ2n) is 7.65. The molecule has 0 aliphatic carbocycles. The number of anilines is 1. The molecule has 0 fully saturated rings. The number of nitrogens with one attached hydrogen (secondary N) is 1. The summed E-state index contributed by atoms with van der Waals surface area (Å²) in [4.78, 5) is 11.8. The van der Waals surface area contributed by atoms with Gasteiger partial charge >= 0.3 is 0 Å². The molecule has 0 bridgehead atoms. The first-order chi connectivity index (χ1) is 16.3. The van der Waals surface area contributed by atoms with Crippen LogP contribution in [0.2, 0.25) is 0 Å². The van der Waals surface area contributed by atoms with Gasteiger partial charge in [0.2, 0.25) is 5.16 Å². The Balaban J connectivity index is 1.75. The van der Waals surface area contributed by atoms with Crippen LogP contribution in [-0.2, 0) is 26.5 Å². The fourth-order valence-electron chi connectivity index (χ4n) is 3.58. The molecule has 2 aromatic heterocycles. The zero-order chi connectivity index (χ0) is 24.5. The number of aromatic nitrogens is 3. The third-order valence-electron chi connectivity index (χ3n) is 5.41. The minimum absolute atomic E-state index is 0.0762. The van der Waals surface area contributed by atoms with Crippen molar-refractivity contribution in [1.82, 2.24) is 14.5 Å². The lowest BCUT2D eigenvalue weighted by Gasteiger charge is -2.20. The van der Waals surface area contributed by atoms with E-state index in [2.05, 4.69) is 15.0 Å². The summed E-state index contributed by atoms with van der Waals surface area (Å²) >= 11 is 1.40. The summed E-state index contributed by atoms with van der Waals surface area (Å²) in [6, 6.07) is 5.38. The van der Waals surface area contributed by atoms with Crippen LogP contribution in [0.25, 0.3) is 10.9 Å². The minimum atomic E-state index is -3.95. The monoisotopic (exact) mass is 509 g/mol. The van der Waals surface area contributed by atoms with Crippen molar-refractivity contribution in [2.75, 3.05) is 45.3 Å². The van der Waals surface area contributed by atoms with Crippen molar-refractivity contribution in [1.29, 1.82) is 0 Å². The molecule has 0 radical (unpaired) electrons. The molecule has 34 heavy (non-hydrogen) atoms. The number of imidazole rings is 1. The summed E-state index contributed by atoms with van der Waals surface area (Å²) in [7, 11) is 2.18. The number of aliphatic hydroxyl groups is 1. The molecule has 2 unspecified atom stereocenters. The first-order valence-corrected chi connectivity index (χ1v) is 12.7. The third kappa shape index (κ3) is 4.66. The smallest absolute Gasteiger partial charge is 0.298 e. The van der Waals surface area contributed by atoms with Gasteiger partial charge in [-0.1, -0.05) is 11.8 Å². The molecule has 184 valence electrons. The number of methoxy groups -OCH3 is 2. The summed E-state index contributed by atoms with van der Waals surface area (Å²) in [5, 5.41) is 11.2. The number of nitrogens with zero attached hydrogens (tertiary/aromatic N) is 4. The maximum absolute atomic E-state index is 13.3. The molecule has 0 amide bonds. The SMILES string of the molecule is COCCOc1cc(N(C)S(=O)(=O)c2nccn2C)c2[nH]c(C3=NCC(C(O)OC)S3)cc2c1. The molecule has 3 heterocycles. The highest BCUT2D eigenvalue weighted by Gasteiger charge is 2.30. The lowest BCUT2D eigenvalue weighted by atomic mass is 10.2. The Morgan fingerprint density at radius 3 is 2.79 bits per heavy atom. The summed E-state index contributed by atoms with van der Waals surface area (Å²) < 4.78 is 45.2. The molecule has 4 rings (SSSR count). The summed E-state index contributed by atoms with van der Waals surface area (Å²) in [6.07, 6.45) is 2.09. The van der Waals surface area contributed by atoms with Crippen LogP contribution in [0, 0.1) is 0 Å². The van der Waals surface area contributed by atoms with E-state index >= 15 is 0 Å². The molecule has 1 aliphatic heterocycles. The van der Waals surface area contributed by atoms with Crippen molar-refractivity contribution >= 4 is 43.4 Å². The molecule has 0 saturated carbocycles. The number of benzene rings is 1. The number of hydrogen-bond acceptors (Lipinski definition) is 9. The molecule has 3 aromatic rings. The standard InChI is InChI=1S/C21H27N5O6S2/c1-25-6-5-22-21(25)34(28,29)26(2)16-11-14(32-8-7-30-3)9-13-10-15(24-18(13)16)19-23-12-17(33-19)20(27)31-4/h5-6,9-11,17,20,24,27H,7-8,12H2,1-4H3. The number of rotatable bonds is 10. The molecule has 0 saturated heterocycles. The third-order valence-corrected chi connectivity index (χ3v) is 8.44. The Labute approximate surface area is 201 Å². The molecule has 0 spiro atoms. The number of ether oxygens (including phenoxy) is 3. The largest absolute Gasteiger partial charge is 0.491 e. The maximum atomic E-state index is 13.3. The number of aromatic amines is 1. The van der Waals surface area contributed by atoms with Crippen molar-refractivity contribution in [2.24, 2.45) is 12.0 Å². The first kappa shape index (κ1) is 24.5. The second-order valence-corrected chi connectivity index (χ2v) is 10.7. The number of thioether (sulfide) groups is 1. The average Bonchev–Trinajstić information content (AvgIpc) is 3.56. The van der Waals surface area contributed by atoms with E-state index in [1.807, 2.05) is 12.1 Å². The number of H-pyrrole nitrogens is 1. The minimum Gasteiger partial charge on any atom is -0.491 e. The first-order valence-electron chi connectivity index (χ1n) is 10.4. The van der Waals surface area contributed by atoms with Crippen molar-refractivity contribution in [2.45, 2.75) is 16.7 Å². The van der Waals surface area contributed by atoms with Gasteiger partial charge in [0.1, 0.15) is 17.4 Å². The van der Waals surface area contributed by atoms with Gasteiger partial charge in [0, 0.05) is 52.2 Å². The van der Waals surface area contributed by atoms with Crippen LogP contribution in [0.4, 0.5) is 5.69 Å². The van der Waals surface area contributed by atoms with E-state index in [0.717, 1.165) is 5.39 Å². The zero-order valence-corrected chi connectivity index (χ0v) is 20.9. The zero-order valence-electron chi connectivity index (χ0n) is 19.3. The fraction of sp³-hybridized carbons (Fsp3) is 0.429. The van der Waals surface area contributed by atoms with Gasteiger partial charge in [-0.3, -0.25) is 9.30 Å². The van der Waals surface area contributed by atoms with Crippen LogP contribution >= 0.6 is 11.8 Å². The molecule has 2 N–H and O–H groups in total. The summed E-state index contributed by atoms with van der Waals surface area (Å²) in [5.74, 6) is 0.501. The van der Waals surface area contributed by atoms with E-state index in [9.17, 15) is 13.5 Å². The van der Waals surface area contributed by atoms with E-state index in [4.69, 9.17) is 14.2 Å². The Morgan fingerprint density at radius 2 is 2.12 bits per heavy atom. The number of aliphatic imine (C=N–C) groups is 1. The van der Waals surface area contributed by atoms with Crippen molar-refractivity contribution in [3.8, 4) is 5.75 Å². The van der Waals surface area contributed by atoms with Crippen LogP contribution in [0.3, 0.4) is 0 Å². The fourth-order valence-corrected chi connectivity index (χ4v) is 5.90. The number of aliphatic hydroxyl groups excluding tert-OH is 1. The highest BCUT2D eigenvalue weighted by Crippen LogP contribution is 2.36. The second kappa shape index (κ2) is 9.96. The van der Waals surface area contributed by atoms with Gasteiger partial charge < -0.3 is 28.9 Å². The van der Waals surface area contributed by atoms with E-state index in [1.165, 1.54) is 41.0 Å². The average molecular weight is 510 g/mol. The van der Waals surface area contributed by atoms with Crippen molar-refractivity contribution < 1.29 is 27.7 Å². The Bertz CT molecular complexity index is 1300. The summed E-state index contributed by atoms with van der Waals surface area (Å²) in [5.41, 5.74) is 1.72. The van der Waals surface area contributed by atoms with Crippen LogP contribution < -0.4 is 9.04 Å². The van der Waals surface area contributed by atoms with E-state index in [1.54, 1.807) is 26.4 Å². The summed E-state index contributed by atoms with van der Waals surface area (Å²) in [6.45, 7) is 1.12. The number of aryl methyl sites for hydroxylation is 1. The van der Waals surface area contributed by atoms with E-state index in [0.29, 0.717) is 47.4 Å². The number of hydrogen-bond donors (Lipinski definition) is 2. The van der Waals surface area contributed by atoms with Crippen molar-refractivity contribution in [3.05, 3.63) is 36.3 Å². The van der Waals surface area contributed by atoms with Gasteiger partial charge in [-0.15, -0.1) is 0 Å². The lowest BCUT2D eigenvalue weighted by Crippen LogP contribution is -2.29. The molecule has 1 aliphatic rings. The Hall–Kier alpha value is -2.58. The van der Waals surface area contributed by atoms with E-state index in [-0.39, 0.29) is 10.4 Å². The van der Waals surface area contributed by atoms with Gasteiger partial charge in [-0.2, -0.15) is 8.42 Å². The topological polar surface area (TPSA) is 131 Å². The highest BCUT2D eigenvalue weighted by molar-refractivity contribution is 8.15. The highest BCUT2D eigenvalue weighted by atomic mass is 32.2. The predicted molar refractivity (Wildman–Crippen MR) is 130 cm³/mol. The molecular formula is C21H27N5O6S2. The maximum Gasteiger partial charge on any atom is 0.298 e.